The van der Waals surface area contributed by atoms with Gasteiger partial charge in [0.25, 0.3) is 0 Å². The Morgan fingerprint density at radius 2 is 2.13 bits per heavy atom. The first-order chi connectivity index (χ1) is 9.94. The maximum atomic E-state index is 12.0. The first-order valence-corrected chi connectivity index (χ1v) is 8.17. The van der Waals surface area contributed by atoms with E-state index in [2.05, 4.69) is 10.3 Å². The van der Waals surface area contributed by atoms with Gasteiger partial charge in [-0.15, -0.1) is 24.8 Å². The predicted octanol–water partition coefficient (Wildman–Crippen LogP) is 2.31. The highest BCUT2D eigenvalue weighted by molar-refractivity contribution is 8.00. The second kappa shape index (κ2) is 9.37. The molecule has 0 spiro atoms. The lowest BCUT2D eigenvalue weighted by atomic mass is 10.0. The van der Waals surface area contributed by atoms with Crippen LogP contribution in [0.2, 0.25) is 0 Å². The van der Waals surface area contributed by atoms with Gasteiger partial charge in [0.05, 0.1) is 11.7 Å². The number of thioether (sulfide) groups is 1. The van der Waals surface area contributed by atoms with Crippen molar-refractivity contribution in [2.24, 2.45) is 5.73 Å². The molecule has 2 heterocycles. The number of pyridine rings is 1. The molecule has 5 nitrogen and oxygen atoms in total. The Labute approximate surface area is 153 Å². The van der Waals surface area contributed by atoms with Crippen LogP contribution < -0.4 is 11.1 Å². The molecule has 0 aromatic carbocycles. The SMILES string of the molecule is CSC(C)(C)[C@H](N)C(=O)NCCc1cn2ccccc2n1.Cl.Cl. The lowest BCUT2D eigenvalue weighted by molar-refractivity contribution is -0.122. The Kier molecular flexibility index (Phi) is 8.98. The van der Waals surface area contributed by atoms with Crippen LogP contribution in [0.5, 0.6) is 0 Å². The van der Waals surface area contributed by atoms with Crippen LogP contribution in [0, 0.1) is 0 Å². The third-order valence-corrected chi connectivity index (χ3v) is 4.96. The summed E-state index contributed by atoms with van der Waals surface area (Å²) in [5, 5.41) is 2.89. The molecule has 0 radical (unpaired) electrons. The molecule has 2 rings (SSSR count). The van der Waals surface area contributed by atoms with Crippen LogP contribution in [0.4, 0.5) is 0 Å². The van der Waals surface area contributed by atoms with E-state index in [4.69, 9.17) is 5.73 Å². The van der Waals surface area contributed by atoms with Gasteiger partial charge in [-0.25, -0.2) is 4.98 Å². The van der Waals surface area contributed by atoms with Gasteiger partial charge >= 0.3 is 0 Å². The van der Waals surface area contributed by atoms with Crippen LogP contribution >= 0.6 is 36.6 Å². The second-order valence-corrected chi connectivity index (χ2v) is 6.99. The summed E-state index contributed by atoms with van der Waals surface area (Å²) in [5.74, 6) is -0.113. The monoisotopic (exact) mass is 378 g/mol. The zero-order valence-electron chi connectivity index (χ0n) is 13.5. The number of aromatic nitrogens is 2. The van der Waals surface area contributed by atoms with Crippen LogP contribution in [-0.4, -0.2) is 38.9 Å². The smallest absolute Gasteiger partial charge is 0.238 e. The molecule has 130 valence electrons. The number of imidazole rings is 1. The van der Waals surface area contributed by atoms with Crippen molar-refractivity contribution >= 4 is 48.1 Å². The van der Waals surface area contributed by atoms with Gasteiger partial charge in [-0.05, 0) is 32.2 Å². The van der Waals surface area contributed by atoms with Crippen molar-refractivity contribution in [2.75, 3.05) is 12.8 Å². The van der Waals surface area contributed by atoms with Gasteiger partial charge < -0.3 is 15.5 Å². The molecule has 1 atom stereocenters. The van der Waals surface area contributed by atoms with Crippen molar-refractivity contribution in [1.29, 1.82) is 0 Å². The van der Waals surface area contributed by atoms with Crippen molar-refractivity contribution in [3.63, 3.8) is 0 Å². The van der Waals surface area contributed by atoms with E-state index in [1.165, 1.54) is 0 Å². The lowest BCUT2D eigenvalue weighted by Gasteiger charge is -2.28. The second-order valence-electron chi connectivity index (χ2n) is 5.52. The number of carbonyl (C=O) groups excluding carboxylic acids is 1. The Morgan fingerprint density at radius 3 is 2.74 bits per heavy atom. The van der Waals surface area contributed by atoms with E-state index in [1.807, 2.05) is 55.1 Å². The third kappa shape index (κ3) is 5.57. The molecule has 0 saturated carbocycles. The standard InChI is InChI=1S/C15H22N4OS.2ClH/c1-15(2,21-3)13(16)14(20)17-8-7-11-10-19-9-5-4-6-12(19)18-11;;/h4-6,9-10,13H,7-8,16H2,1-3H3,(H,17,20);2*1H/t13-;;/m1../s1. The van der Waals surface area contributed by atoms with Crippen molar-refractivity contribution in [2.45, 2.75) is 31.1 Å². The quantitative estimate of drug-likeness (QED) is 0.808. The van der Waals surface area contributed by atoms with E-state index in [9.17, 15) is 4.79 Å². The maximum Gasteiger partial charge on any atom is 0.238 e. The van der Waals surface area contributed by atoms with E-state index in [-0.39, 0.29) is 35.5 Å². The van der Waals surface area contributed by atoms with Crippen LogP contribution in [0.15, 0.2) is 30.6 Å². The fourth-order valence-corrected chi connectivity index (χ4v) is 2.34. The fraction of sp³-hybridized carbons (Fsp3) is 0.467. The zero-order chi connectivity index (χ0) is 15.5. The predicted molar refractivity (Wildman–Crippen MR) is 102 cm³/mol. The first-order valence-electron chi connectivity index (χ1n) is 6.95. The maximum absolute atomic E-state index is 12.0. The van der Waals surface area contributed by atoms with Crippen LogP contribution in [-0.2, 0) is 11.2 Å². The fourth-order valence-electron chi connectivity index (χ4n) is 1.97. The van der Waals surface area contributed by atoms with Crippen molar-refractivity contribution in [3.05, 3.63) is 36.3 Å². The zero-order valence-corrected chi connectivity index (χ0v) is 15.9. The Balaban J connectivity index is 0.00000242. The molecule has 23 heavy (non-hydrogen) atoms. The van der Waals surface area contributed by atoms with Crippen LogP contribution in [0.25, 0.3) is 5.65 Å². The number of hydrogen-bond acceptors (Lipinski definition) is 4. The number of fused-ring (bicyclic) bond motifs is 1. The number of rotatable bonds is 6. The third-order valence-electron chi connectivity index (χ3n) is 3.65. The van der Waals surface area contributed by atoms with E-state index in [1.54, 1.807) is 11.8 Å². The highest BCUT2D eigenvalue weighted by Gasteiger charge is 2.30. The summed E-state index contributed by atoms with van der Waals surface area (Å²) in [6.45, 7) is 4.49. The summed E-state index contributed by atoms with van der Waals surface area (Å²) in [5.41, 5.74) is 7.87. The molecule has 0 saturated heterocycles. The highest BCUT2D eigenvalue weighted by atomic mass is 35.5. The molecule has 2 aromatic rings. The Morgan fingerprint density at radius 1 is 1.43 bits per heavy atom. The topological polar surface area (TPSA) is 72.4 Å². The van der Waals surface area contributed by atoms with Gasteiger partial charge in [-0.2, -0.15) is 11.8 Å². The lowest BCUT2D eigenvalue weighted by Crippen LogP contribution is -2.52. The molecule has 0 unspecified atom stereocenters. The number of amides is 1. The van der Waals surface area contributed by atoms with Gasteiger partial charge in [0.1, 0.15) is 5.65 Å². The van der Waals surface area contributed by atoms with Crippen molar-refractivity contribution in [1.82, 2.24) is 14.7 Å². The summed E-state index contributed by atoms with van der Waals surface area (Å²) >= 11 is 1.59. The number of nitrogens with one attached hydrogen (secondary N) is 1. The normalized spacial score (nSPS) is 12.2. The number of hydrogen-bond donors (Lipinski definition) is 2. The van der Waals surface area contributed by atoms with E-state index < -0.39 is 6.04 Å². The Hall–Kier alpha value is -0.950. The largest absolute Gasteiger partial charge is 0.354 e. The van der Waals surface area contributed by atoms with E-state index in [0.717, 1.165) is 11.3 Å². The molecular formula is C15H24Cl2N4OS. The summed E-state index contributed by atoms with van der Waals surface area (Å²) < 4.78 is 1.70. The summed E-state index contributed by atoms with van der Waals surface area (Å²) in [6.07, 6.45) is 6.60. The van der Waals surface area contributed by atoms with Gasteiger partial charge in [0.2, 0.25) is 5.91 Å². The molecule has 0 aliphatic heterocycles. The summed E-state index contributed by atoms with van der Waals surface area (Å²) in [6, 6.07) is 5.36. The molecule has 0 bridgehead atoms. The molecule has 0 fully saturated rings. The molecule has 1 amide bonds. The van der Waals surface area contributed by atoms with Gasteiger partial charge in [0.15, 0.2) is 0 Å². The molecule has 0 aliphatic carbocycles. The number of nitrogens with zero attached hydrogens (tertiary/aromatic N) is 2. The van der Waals surface area contributed by atoms with Crippen LogP contribution in [0.1, 0.15) is 19.5 Å². The van der Waals surface area contributed by atoms with Gasteiger partial charge in [-0.3, -0.25) is 4.79 Å². The summed E-state index contributed by atoms with van der Waals surface area (Å²) in [7, 11) is 0. The molecule has 0 aliphatic rings. The van der Waals surface area contributed by atoms with E-state index >= 15 is 0 Å². The highest BCUT2D eigenvalue weighted by Crippen LogP contribution is 2.24. The van der Waals surface area contributed by atoms with Crippen molar-refractivity contribution in [3.8, 4) is 0 Å². The van der Waals surface area contributed by atoms with Crippen LogP contribution in [0.3, 0.4) is 0 Å². The van der Waals surface area contributed by atoms with Gasteiger partial charge in [-0.1, -0.05) is 6.07 Å². The average molecular weight is 379 g/mol. The minimum Gasteiger partial charge on any atom is -0.354 e. The number of halogens is 2. The molecule has 2 aromatic heterocycles. The minimum absolute atomic E-state index is 0. The molecule has 8 heteroatoms. The van der Waals surface area contributed by atoms with Crippen molar-refractivity contribution < 1.29 is 4.79 Å². The number of carbonyl (C=O) groups is 1. The van der Waals surface area contributed by atoms with E-state index in [0.29, 0.717) is 13.0 Å². The first kappa shape index (κ1) is 22.1. The summed E-state index contributed by atoms with van der Waals surface area (Å²) in [4.78, 5) is 16.5. The number of nitrogens with two attached hydrogens (primary N) is 1. The van der Waals surface area contributed by atoms with Gasteiger partial charge in [0, 0.05) is 30.1 Å². The molecule has 3 N–H and O–H groups in total. The average Bonchev–Trinajstić information content (AvgIpc) is 2.88. The Bertz CT molecular complexity index is 600. The minimum atomic E-state index is -0.520. The molecular weight excluding hydrogens is 355 g/mol.